The summed E-state index contributed by atoms with van der Waals surface area (Å²) in [6.07, 6.45) is 1.30. The second-order valence-corrected chi connectivity index (χ2v) is 6.92. The standard InChI is InChI=1S/C21H23F3N2O2/c1-28-20-6-2-13(10-18(20)24)3-7-21(27)26-19-12-25-9-8-15(19)14-4-5-16(22)17(23)11-14/h2,4-6,10-11,15,19,25H,3,7-9,12H2,1H3,(H,26,27). The fourth-order valence-corrected chi connectivity index (χ4v) is 3.55. The van der Waals surface area contributed by atoms with Crippen LogP contribution in [0, 0.1) is 17.5 Å². The maximum atomic E-state index is 13.8. The Morgan fingerprint density at radius 3 is 2.68 bits per heavy atom. The number of carbonyl (C=O) groups is 1. The van der Waals surface area contributed by atoms with Gasteiger partial charge in [-0.05, 0) is 54.8 Å². The van der Waals surface area contributed by atoms with E-state index in [0.29, 0.717) is 30.5 Å². The third-order valence-corrected chi connectivity index (χ3v) is 5.06. The Balaban J connectivity index is 1.61. The van der Waals surface area contributed by atoms with Crippen LogP contribution in [0.1, 0.15) is 29.9 Å². The van der Waals surface area contributed by atoms with E-state index >= 15 is 0 Å². The molecule has 0 spiro atoms. The molecular weight excluding hydrogens is 369 g/mol. The van der Waals surface area contributed by atoms with Crippen molar-refractivity contribution >= 4 is 5.91 Å². The number of hydrogen-bond acceptors (Lipinski definition) is 3. The fourth-order valence-electron chi connectivity index (χ4n) is 3.55. The van der Waals surface area contributed by atoms with E-state index in [9.17, 15) is 18.0 Å². The number of halogens is 3. The summed E-state index contributed by atoms with van der Waals surface area (Å²) in [5.74, 6) is -2.34. The number of carbonyl (C=O) groups excluding carboxylic acids is 1. The summed E-state index contributed by atoms with van der Waals surface area (Å²) in [4.78, 5) is 12.4. The SMILES string of the molecule is COc1ccc(CCC(=O)NC2CNCCC2c2ccc(F)c(F)c2)cc1F. The monoisotopic (exact) mass is 392 g/mol. The number of benzene rings is 2. The molecule has 28 heavy (non-hydrogen) atoms. The van der Waals surface area contributed by atoms with Crippen LogP contribution in [0.25, 0.3) is 0 Å². The van der Waals surface area contributed by atoms with Gasteiger partial charge in [-0.15, -0.1) is 0 Å². The molecule has 2 unspecified atom stereocenters. The average molecular weight is 392 g/mol. The van der Waals surface area contributed by atoms with Crippen molar-refractivity contribution in [2.24, 2.45) is 0 Å². The first-order valence-electron chi connectivity index (χ1n) is 9.25. The topological polar surface area (TPSA) is 50.4 Å². The lowest BCUT2D eigenvalue weighted by Gasteiger charge is -2.33. The maximum absolute atomic E-state index is 13.8. The van der Waals surface area contributed by atoms with Crippen molar-refractivity contribution in [3.8, 4) is 5.75 Å². The van der Waals surface area contributed by atoms with Gasteiger partial charge < -0.3 is 15.4 Å². The smallest absolute Gasteiger partial charge is 0.220 e. The zero-order valence-corrected chi connectivity index (χ0v) is 15.6. The van der Waals surface area contributed by atoms with E-state index in [-0.39, 0.29) is 30.0 Å². The Bertz CT molecular complexity index is 844. The number of methoxy groups -OCH3 is 1. The first-order chi connectivity index (χ1) is 13.5. The molecule has 1 fully saturated rings. The predicted molar refractivity (Wildman–Crippen MR) is 99.8 cm³/mol. The Kier molecular flexibility index (Phi) is 6.57. The zero-order valence-electron chi connectivity index (χ0n) is 15.6. The minimum atomic E-state index is -0.886. The van der Waals surface area contributed by atoms with E-state index in [0.717, 1.165) is 12.6 Å². The summed E-state index contributed by atoms with van der Waals surface area (Å²) in [5, 5.41) is 6.19. The van der Waals surface area contributed by atoms with E-state index in [1.165, 1.54) is 25.3 Å². The third kappa shape index (κ3) is 4.84. The normalized spacial score (nSPS) is 19.3. The van der Waals surface area contributed by atoms with Gasteiger partial charge in [-0.1, -0.05) is 12.1 Å². The van der Waals surface area contributed by atoms with Gasteiger partial charge in [-0.3, -0.25) is 4.79 Å². The number of aryl methyl sites for hydroxylation is 1. The third-order valence-electron chi connectivity index (χ3n) is 5.06. The molecule has 150 valence electrons. The molecule has 2 aromatic carbocycles. The van der Waals surface area contributed by atoms with Crippen LogP contribution in [0.5, 0.6) is 5.75 Å². The van der Waals surface area contributed by atoms with Crippen molar-refractivity contribution < 1.29 is 22.7 Å². The summed E-state index contributed by atoms with van der Waals surface area (Å²) in [6.45, 7) is 1.29. The van der Waals surface area contributed by atoms with Crippen LogP contribution >= 0.6 is 0 Å². The molecule has 1 saturated heterocycles. The zero-order chi connectivity index (χ0) is 20.1. The van der Waals surface area contributed by atoms with Crippen LogP contribution in [-0.4, -0.2) is 32.1 Å². The molecular formula is C21H23F3N2O2. The number of amides is 1. The second kappa shape index (κ2) is 9.10. The molecule has 1 aliphatic heterocycles. The highest BCUT2D eigenvalue weighted by Crippen LogP contribution is 2.27. The van der Waals surface area contributed by atoms with Crippen molar-refractivity contribution in [3.05, 3.63) is 65.0 Å². The van der Waals surface area contributed by atoms with Crippen molar-refractivity contribution in [2.75, 3.05) is 20.2 Å². The molecule has 2 aromatic rings. The Hall–Kier alpha value is -2.54. The van der Waals surface area contributed by atoms with Crippen LogP contribution in [0.15, 0.2) is 36.4 Å². The lowest BCUT2D eigenvalue weighted by atomic mass is 9.86. The van der Waals surface area contributed by atoms with Crippen molar-refractivity contribution in [1.29, 1.82) is 0 Å². The highest BCUT2D eigenvalue weighted by molar-refractivity contribution is 5.76. The summed E-state index contributed by atoms with van der Waals surface area (Å²) in [7, 11) is 1.40. The van der Waals surface area contributed by atoms with Gasteiger partial charge in [0.25, 0.3) is 0 Å². The highest BCUT2D eigenvalue weighted by atomic mass is 19.2. The Morgan fingerprint density at radius 1 is 1.14 bits per heavy atom. The second-order valence-electron chi connectivity index (χ2n) is 6.92. The minimum absolute atomic E-state index is 0.0984. The number of ether oxygens (including phenoxy) is 1. The summed E-state index contributed by atoms with van der Waals surface area (Å²) < 4.78 is 45.5. The van der Waals surface area contributed by atoms with Gasteiger partial charge in [0.2, 0.25) is 5.91 Å². The number of hydrogen-bond donors (Lipinski definition) is 2. The molecule has 7 heteroatoms. The molecule has 2 N–H and O–H groups in total. The highest BCUT2D eigenvalue weighted by Gasteiger charge is 2.28. The first kappa shape index (κ1) is 20.2. The molecule has 0 bridgehead atoms. The lowest BCUT2D eigenvalue weighted by molar-refractivity contribution is -0.122. The van der Waals surface area contributed by atoms with E-state index < -0.39 is 17.5 Å². The van der Waals surface area contributed by atoms with E-state index in [1.807, 2.05) is 0 Å². The molecule has 0 saturated carbocycles. The largest absolute Gasteiger partial charge is 0.494 e. The van der Waals surface area contributed by atoms with Crippen LogP contribution in [-0.2, 0) is 11.2 Å². The molecule has 2 atom stereocenters. The quantitative estimate of drug-likeness (QED) is 0.793. The minimum Gasteiger partial charge on any atom is -0.494 e. The van der Waals surface area contributed by atoms with E-state index in [1.54, 1.807) is 12.1 Å². The summed E-state index contributed by atoms with van der Waals surface area (Å²) >= 11 is 0. The Labute approximate surface area is 162 Å². The first-order valence-corrected chi connectivity index (χ1v) is 9.25. The predicted octanol–water partition coefficient (Wildman–Crippen LogP) is 3.31. The molecule has 1 aliphatic rings. The van der Waals surface area contributed by atoms with Gasteiger partial charge in [-0.25, -0.2) is 13.2 Å². The van der Waals surface area contributed by atoms with Crippen molar-refractivity contribution in [2.45, 2.75) is 31.2 Å². The molecule has 4 nitrogen and oxygen atoms in total. The van der Waals surface area contributed by atoms with Gasteiger partial charge in [0.05, 0.1) is 7.11 Å². The summed E-state index contributed by atoms with van der Waals surface area (Å²) in [5.41, 5.74) is 1.37. The maximum Gasteiger partial charge on any atom is 0.220 e. The average Bonchev–Trinajstić information content (AvgIpc) is 2.69. The molecule has 1 heterocycles. The molecule has 0 aromatic heterocycles. The van der Waals surface area contributed by atoms with Gasteiger partial charge >= 0.3 is 0 Å². The van der Waals surface area contributed by atoms with Gasteiger partial charge in [0.1, 0.15) is 0 Å². The van der Waals surface area contributed by atoms with Crippen LogP contribution in [0.2, 0.25) is 0 Å². The van der Waals surface area contributed by atoms with Crippen LogP contribution in [0.3, 0.4) is 0 Å². The molecule has 0 radical (unpaired) electrons. The number of rotatable bonds is 6. The number of piperidine rings is 1. The van der Waals surface area contributed by atoms with Gasteiger partial charge in [-0.2, -0.15) is 0 Å². The van der Waals surface area contributed by atoms with Crippen LogP contribution in [0.4, 0.5) is 13.2 Å². The fraction of sp³-hybridized carbons (Fsp3) is 0.381. The lowest BCUT2D eigenvalue weighted by Crippen LogP contribution is -2.50. The van der Waals surface area contributed by atoms with Gasteiger partial charge in [0, 0.05) is 24.9 Å². The summed E-state index contributed by atoms with van der Waals surface area (Å²) in [6, 6.07) is 8.27. The van der Waals surface area contributed by atoms with E-state index in [2.05, 4.69) is 10.6 Å². The van der Waals surface area contributed by atoms with Crippen molar-refractivity contribution in [3.63, 3.8) is 0 Å². The van der Waals surface area contributed by atoms with Gasteiger partial charge in [0.15, 0.2) is 23.2 Å². The molecule has 0 aliphatic carbocycles. The molecule has 3 rings (SSSR count). The number of nitrogens with one attached hydrogen (secondary N) is 2. The van der Waals surface area contributed by atoms with E-state index in [4.69, 9.17) is 4.74 Å². The Morgan fingerprint density at radius 2 is 1.96 bits per heavy atom. The molecule has 1 amide bonds. The van der Waals surface area contributed by atoms with Crippen molar-refractivity contribution in [1.82, 2.24) is 10.6 Å². The van der Waals surface area contributed by atoms with Crippen LogP contribution < -0.4 is 15.4 Å².